The first kappa shape index (κ1) is 60.7. The number of carbonyl (C=O) groups is 1. The molecular formula is C55H105NO8. The first-order valence-corrected chi connectivity index (χ1v) is 27.6. The van der Waals surface area contributed by atoms with Crippen LogP contribution < -0.4 is 5.32 Å². The minimum Gasteiger partial charge on any atom is -0.394 e. The molecule has 0 spiro atoms. The predicted octanol–water partition coefficient (Wildman–Crippen LogP) is 13.0. The number of aliphatic hydroxyl groups is 5. The Hall–Kier alpha value is -1.33. The average molecular weight is 908 g/mol. The molecule has 9 heteroatoms. The van der Waals surface area contributed by atoms with Crippen molar-refractivity contribution in [3.05, 3.63) is 24.3 Å². The van der Waals surface area contributed by atoms with Crippen LogP contribution in [0.4, 0.5) is 0 Å². The minimum atomic E-state index is -1.57. The fourth-order valence-corrected chi connectivity index (χ4v) is 8.88. The van der Waals surface area contributed by atoms with Gasteiger partial charge in [0.05, 0.1) is 25.4 Å². The van der Waals surface area contributed by atoms with E-state index in [1.807, 2.05) is 6.08 Å². The molecule has 1 fully saturated rings. The number of unbranched alkanes of at least 4 members (excludes halogenated alkanes) is 35. The molecule has 1 amide bonds. The van der Waals surface area contributed by atoms with E-state index >= 15 is 0 Å². The molecule has 0 bridgehead atoms. The molecule has 7 unspecified atom stereocenters. The number of hydrogen-bond acceptors (Lipinski definition) is 8. The van der Waals surface area contributed by atoms with Gasteiger partial charge >= 0.3 is 0 Å². The van der Waals surface area contributed by atoms with Crippen LogP contribution in [0.5, 0.6) is 0 Å². The van der Waals surface area contributed by atoms with Crippen molar-refractivity contribution >= 4 is 5.91 Å². The third-order valence-corrected chi connectivity index (χ3v) is 13.3. The second-order valence-corrected chi connectivity index (χ2v) is 19.4. The molecule has 6 N–H and O–H groups in total. The van der Waals surface area contributed by atoms with Crippen molar-refractivity contribution in [3.63, 3.8) is 0 Å². The van der Waals surface area contributed by atoms with Crippen molar-refractivity contribution in [2.24, 2.45) is 0 Å². The highest BCUT2D eigenvalue weighted by atomic mass is 16.7. The van der Waals surface area contributed by atoms with Gasteiger partial charge in [0.25, 0.3) is 0 Å². The van der Waals surface area contributed by atoms with Crippen LogP contribution in [-0.4, -0.2) is 87.5 Å². The molecular weight excluding hydrogens is 803 g/mol. The van der Waals surface area contributed by atoms with Gasteiger partial charge in [0.2, 0.25) is 5.91 Å². The third-order valence-electron chi connectivity index (χ3n) is 13.3. The fraction of sp³-hybridized carbons (Fsp3) is 0.909. The van der Waals surface area contributed by atoms with Gasteiger partial charge < -0.3 is 40.3 Å². The Balaban J connectivity index is 2.23. The van der Waals surface area contributed by atoms with Crippen molar-refractivity contribution in [2.45, 2.75) is 307 Å². The van der Waals surface area contributed by atoms with Crippen LogP contribution in [0.3, 0.4) is 0 Å². The van der Waals surface area contributed by atoms with E-state index in [-0.39, 0.29) is 12.5 Å². The average Bonchev–Trinajstić information content (AvgIpc) is 3.29. The quantitative estimate of drug-likeness (QED) is 0.0261. The molecule has 1 heterocycles. The van der Waals surface area contributed by atoms with Crippen LogP contribution in [0.1, 0.15) is 264 Å². The highest BCUT2D eigenvalue weighted by Gasteiger charge is 2.44. The van der Waals surface area contributed by atoms with Crippen molar-refractivity contribution in [3.8, 4) is 0 Å². The second-order valence-electron chi connectivity index (χ2n) is 19.4. The molecule has 1 rings (SSSR count). The van der Waals surface area contributed by atoms with E-state index in [2.05, 4.69) is 31.3 Å². The summed E-state index contributed by atoms with van der Waals surface area (Å²) >= 11 is 0. The predicted molar refractivity (Wildman–Crippen MR) is 267 cm³/mol. The maximum absolute atomic E-state index is 13.0. The number of nitrogens with one attached hydrogen (secondary N) is 1. The van der Waals surface area contributed by atoms with Crippen LogP contribution in [-0.2, 0) is 14.3 Å². The Kier molecular flexibility index (Phi) is 43.1. The van der Waals surface area contributed by atoms with Gasteiger partial charge in [0.15, 0.2) is 6.29 Å². The van der Waals surface area contributed by atoms with E-state index in [0.717, 1.165) is 38.5 Å². The lowest BCUT2D eigenvalue weighted by Gasteiger charge is -2.40. The lowest BCUT2D eigenvalue weighted by molar-refractivity contribution is -0.302. The van der Waals surface area contributed by atoms with Crippen LogP contribution >= 0.6 is 0 Å². The topological polar surface area (TPSA) is 149 Å². The Labute approximate surface area is 394 Å². The maximum Gasteiger partial charge on any atom is 0.220 e. The first-order chi connectivity index (χ1) is 31.3. The Morgan fingerprint density at radius 3 is 1.31 bits per heavy atom. The molecule has 0 aromatic heterocycles. The number of amides is 1. The zero-order chi connectivity index (χ0) is 46.6. The zero-order valence-electron chi connectivity index (χ0n) is 41.8. The van der Waals surface area contributed by atoms with E-state index in [0.29, 0.717) is 6.42 Å². The molecule has 378 valence electrons. The maximum atomic E-state index is 13.0. The van der Waals surface area contributed by atoms with E-state index in [9.17, 15) is 30.3 Å². The molecule has 0 aromatic rings. The number of rotatable bonds is 47. The lowest BCUT2D eigenvalue weighted by atomic mass is 9.99. The van der Waals surface area contributed by atoms with Gasteiger partial charge in [-0.1, -0.05) is 250 Å². The smallest absolute Gasteiger partial charge is 0.220 e. The summed E-state index contributed by atoms with van der Waals surface area (Å²) in [7, 11) is 0. The van der Waals surface area contributed by atoms with E-state index in [4.69, 9.17) is 9.47 Å². The van der Waals surface area contributed by atoms with Gasteiger partial charge in [-0.25, -0.2) is 0 Å². The van der Waals surface area contributed by atoms with Crippen molar-refractivity contribution in [2.75, 3.05) is 13.2 Å². The van der Waals surface area contributed by atoms with Crippen LogP contribution in [0.2, 0.25) is 0 Å². The normalized spacial score (nSPS) is 20.1. The van der Waals surface area contributed by atoms with Crippen LogP contribution in [0.25, 0.3) is 0 Å². The SMILES string of the molecule is CCCCCCCCCCCCCCCCCCCCCCC/C=C/CC/C=C/C(O)C(COC1OC(CO)C(O)C(O)C1O)NC(=O)CCCCCCCCCCCCCCCC. The van der Waals surface area contributed by atoms with Gasteiger partial charge in [0, 0.05) is 6.42 Å². The Morgan fingerprint density at radius 2 is 0.891 bits per heavy atom. The summed E-state index contributed by atoms with van der Waals surface area (Å²) in [5, 5.41) is 54.4. The van der Waals surface area contributed by atoms with Crippen molar-refractivity contribution in [1.29, 1.82) is 0 Å². The van der Waals surface area contributed by atoms with E-state index in [1.165, 1.54) is 205 Å². The number of aliphatic hydroxyl groups excluding tert-OH is 5. The Morgan fingerprint density at radius 1 is 0.516 bits per heavy atom. The Bertz CT molecular complexity index is 1060. The lowest BCUT2D eigenvalue weighted by Crippen LogP contribution is -2.60. The van der Waals surface area contributed by atoms with E-state index in [1.54, 1.807) is 6.08 Å². The summed E-state index contributed by atoms with van der Waals surface area (Å²) in [5.74, 6) is -0.183. The largest absolute Gasteiger partial charge is 0.394 e. The number of allylic oxidation sites excluding steroid dienone is 3. The number of carbonyl (C=O) groups excluding carboxylic acids is 1. The molecule has 1 aliphatic heterocycles. The molecule has 1 aliphatic rings. The summed E-state index contributed by atoms with van der Waals surface area (Å²) in [6.45, 7) is 3.78. The number of ether oxygens (including phenoxy) is 2. The molecule has 9 nitrogen and oxygen atoms in total. The molecule has 1 saturated heterocycles. The molecule has 64 heavy (non-hydrogen) atoms. The molecule has 7 atom stereocenters. The van der Waals surface area contributed by atoms with Crippen molar-refractivity contribution < 1.29 is 39.8 Å². The fourth-order valence-electron chi connectivity index (χ4n) is 8.88. The van der Waals surface area contributed by atoms with Crippen LogP contribution in [0, 0.1) is 0 Å². The van der Waals surface area contributed by atoms with Gasteiger partial charge in [-0.05, 0) is 32.1 Å². The summed E-state index contributed by atoms with van der Waals surface area (Å²) < 4.78 is 11.2. The van der Waals surface area contributed by atoms with Crippen LogP contribution in [0.15, 0.2) is 24.3 Å². The summed E-state index contributed by atoms with van der Waals surface area (Å²) in [5.41, 5.74) is 0. The second kappa shape index (κ2) is 45.5. The highest BCUT2D eigenvalue weighted by Crippen LogP contribution is 2.23. The highest BCUT2D eigenvalue weighted by molar-refractivity contribution is 5.76. The standard InChI is InChI=1S/C55H105NO8/c1-3-5-7-9-11-13-15-17-19-20-21-22-23-24-25-26-27-28-29-30-31-32-34-36-38-40-42-44-49(58)48(47-63-55-54(62)53(61)52(60)50(46-57)64-55)56-51(59)45-43-41-39-37-35-33-18-16-14-12-10-8-6-4-2/h34,36,42,44,48-50,52-55,57-58,60-62H,3-33,35,37-41,43,45-47H2,1-2H3,(H,56,59)/b36-34+,44-42+. The van der Waals surface area contributed by atoms with Gasteiger partial charge in [-0.2, -0.15) is 0 Å². The molecule has 0 aliphatic carbocycles. The molecule has 0 radical (unpaired) electrons. The molecule has 0 aromatic carbocycles. The minimum absolute atomic E-state index is 0.183. The monoisotopic (exact) mass is 908 g/mol. The van der Waals surface area contributed by atoms with Gasteiger partial charge in [-0.3, -0.25) is 4.79 Å². The van der Waals surface area contributed by atoms with E-state index < -0.39 is 49.5 Å². The summed E-state index contributed by atoms with van der Waals surface area (Å²) in [6, 6.07) is -0.817. The third kappa shape index (κ3) is 34.9. The summed E-state index contributed by atoms with van der Waals surface area (Å²) in [6.07, 6.45) is 49.6. The van der Waals surface area contributed by atoms with Gasteiger partial charge in [0.1, 0.15) is 24.4 Å². The first-order valence-electron chi connectivity index (χ1n) is 27.6. The zero-order valence-corrected chi connectivity index (χ0v) is 41.8. The molecule has 0 saturated carbocycles. The summed E-state index contributed by atoms with van der Waals surface area (Å²) in [4.78, 5) is 13.0. The van der Waals surface area contributed by atoms with Gasteiger partial charge in [-0.15, -0.1) is 0 Å². The van der Waals surface area contributed by atoms with Crippen molar-refractivity contribution in [1.82, 2.24) is 5.32 Å². The number of hydrogen-bond donors (Lipinski definition) is 6.